The first-order chi connectivity index (χ1) is 6.70. The molecular weight excluding hydrogens is 198 g/mol. The molecule has 3 heteroatoms. The minimum absolute atomic E-state index is 0.714. The quantitative estimate of drug-likeness (QED) is 0.753. The van der Waals surface area contributed by atoms with Gasteiger partial charge in [-0.15, -0.1) is 0 Å². The molecule has 2 aromatic rings. The van der Waals surface area contributed by atoms with Crippen molar-refractivity contribution in [1.29, 1.82) is 0 Å². The number of aromatic nitrogens is 1. The fourth-order valence-electron chi connectivity index (χ4n) is 1.52. The van der Waals surface area contributed by atoms with Gasteiger partial charge in [-0.3, -0.25) is 0 Å². The predicted octanol–water partition coefficient (Wildman–Crippen LogP) is 3.74. The highest BCUT2D eigenvalue weighted by Gasteiger charge is 2.08. The molecule has 2 rings (SSSR count). The van der Waals surface area contributed by atoms with E-state index in [1.54, 1.807) is 0 Å². The van der Waals surface area contributed by atoms with Crippen LogP contribution in [0.1, 0.15) is 24.8 Å². The Morgan fingerprint density at radius 2 is 2.21 bits per heavy atom. The van der Waals surface area contributed by atoms with Crippen LogP contribution in [0.4, 0.5) is 0 Å². The summed E-state index contributed by atoms with van der Waals surface area (Å²) in [6.45, 7) is 4.09. The molecule has 1 aromatic heterocycles. The van der Waals surface area contributed by atoms with Crippen LogP contribution in [-0.2, 0) is 6.42 Å². The van der Waals surface area contributed by atoms with E-state index in [-0.39, 0.29) is 0 Å². The minimum Gasteiger partial charge on any atom is -0.440 e. The van der Waals surface area contributed by atoms with Gasteiger partial charge in [-0.1, -0.05) is 18.5 Å². The average molecular weight is 210 g/mol. The molecule has 0 aliphatic heterocycles. The van der Waals surface area contributed by atoms with Crippen molar-refractivity contribution in [3.63, 3.8) is 0 Å². The molecule has 0 bridgehead atoms. The van der Waals surface area contributed by atoms with E-state index >= 15 is 0 Å². The van der Waals surface area contributed by atoms with E-state index in [1.807, 2.05) is 19.1 Å². The van der Waals surface area contributed by atoms with Gasteiger partial charge in [0.2, 0.25) is 0 Å². The second-order valence-electron chi connectivity index (χ2n) is 3.43. The summed E-state index contributed by atoms with van der Waals surface area (Å²) < 4.78 is 5.62. The Labute approximate surface area is 87.9 Å². The van der Waals surface area contributed by atoms with Crippen molar-refractivity contribution in [2.45, 2.75) is 26.7 Å². The van der Waals surface area contributed by atoms with Gasteiger partial charge in [0.15, 0.2) is 11.5 Å². The topological polar surface area (TPSA) is 26.0 Å². The third kappa shape index (κ3) is 1.62. The molecular formula is C11H12ClNO. The highest BCUT2D eigenvalue weighted by atomic mass is 35.5. The van der Waals surface area contributed by atoms with Crippen LogP contribution >= 0.6 is 11.6 Å². The van der Waals surface area contributed by atoms with Gasteiger partial charge < -0.3 is 4.42 Å². The van der Waals surface area contributed by atoms with Crippen LogP contribution in [0.25, 0.3) is 11.1 Å². The number of benzene rings is 1. The monoisotopic (exact) mass is 209 g/mol. The van der Waals surface area contributed by atoms with E-state index in [0.717, 1.165) is 35.4 Å². The molecule has 0 saturated carbocycles. The van der Waals surface area contributed by atoms with Crippen molar-refractivity contribution in [3.8, 4) is 0 Å². The molecule has 0 atom stereocenters. The lowest BCUT2D eigenvalue weighted by atomic mass is 10.2. The maximum Gasteiger partial charge on any atom is 0.195 e. The first kappa shape index (κ1) is 9.53. The summed E-state index contributed by atoms with van der Waals surface area (Å²) in [5.41, 5.74) is 2.76. The number of oxazole rings is 1. The number of nitrogens with zero attached hydrogens (tertiary/aromatic N) is 1. The largest absolute Gasteiger partial charge is 0.440 e. The van der Waals surface area contributed by atoms with Crippen molar-refractivity contribution in [2.24, 2.45) is 0 Å². The molecule has 0 amide bonds. The normalized spacial score (nSPS) is 11.1. The summed E-state index contributed by atoms with van der Waals surface area (Å²) in [6, 6.07) is 3.73. The Kier molecular flexibility index (Phi) is 2.46. The Balaban J connectivity index is 2.58. The van der Waals surface area contributed by atoms with E-state index in [1.165, 1.54) is 0 Å². The summed E-state index contributed by atoms with van der Waals surface area (Å²) >= 11 is 5.93. The fraction of sp³-hybridized carbons (Fsp3) is 0.364. The third-order valence-corrected chi connectivity index (χ3v) is 2.37. The van der Waals surface area contributed by atoms with Gasteiger partial charge in [-0.25, -0.2) is 4.98 Å². The van der Waals surface area contributed by atoms with Crippen molar-refractivity contribution < 1.29 is 4.42 Å². The summed E-state index contributed by atoms with van der Waals surface area (Å²) in [7, 11) is 0. The summed E-state index contributed by atoms with van der Waals surface area (Å²) in [5, 5.41) is 0.714. The summed E-state index contributed by atoms with van der Waals surface area (Å²) in [6.07, 6.45) is 1.92. The Morgan fingerprint density at radius 3 is 2.93 bits per heavy atom. The molecule has 2 nitrogen and oxygen atoms in total. The zero-order chi connectivity index (χ0) is 10.1. The van der Waals surface area contributed by atoms with Crippen LogP contribution in [0.5, 0.6) is 0 Å². The third-order valence-electron chi connectivity index (χ3n) is 2.15. The molecule has 0 saturated heterocycles. The minimum atomic E-state index is 0.714. The summed E-state index contributed by atoms with van der Waals surface area (Å²) in [4.78, 5) is 4.37. The molecule has 0 aliphatic carbocycles. The number of aryl methyl sites for hydroxylation is 2. The average Bonchev–Trinajstić information content (AvgIpc) is 2.48. The predicted molar refractivity (Wildman–Crippen MR) is 57.8 cm³/mol. The zero-order valence-electron chi connectivity index (χ0n) is 8.30. The molecule has 0 N–H and O–H groups in total. The van der Waals surface area contributed by atoms with E-state index in [9.17, 15) is 0 Å². The van der Waals surface area contributed by atoms with Gasteiger partial charge in [0.1, 0.15) is 5.52 Å². The molecule has 0 fully saturated rings. The van der Waals surface area contributed by atoms with Gasteiger partial charge in [0.25, 0.3) is 0 Å². The second-order valence-corrected chi connectivity index (χ2v) is 3.86. The Morgan fingerprint density at radius 1 is 1.43 bits per heavy atom. The fourth-order valence-corrected chi connectivity index (χ4v) is 1.79. The van der Waals surface area contributed by atoms with Crippen molar-refractivity contribution in [2.75, 3.05) is 0 Å². The Hall–Kier alpha value is -1.02. The standard InChI is InChI=1S/C11H12ClNO/c1-3-4-10-13-9-6-8(12)5-7(2)11(9)14-10/h5-6H,3-4H2,1-2H3. The number of hydrogen-bond acceptors (Lipinski definition) is 2. The lowest BCUT2D eigenvalue weighted by Crippen LogP contribution is -1.79. The smallest absolute Gasteiger partial charge is 0.195 e. The maximum absolute atomic E-state index is 5.93. The highest BCUT2D eigenvalue weighted by Crippen LogP contribution is 2.24. The molecule has 0 radical (unpaired) electrons. The van der Waals surface area contributed by atoms with Crippen LogP contribution in [0, 0.1) is 6.92 Å². The van der Waals surface area contributed by atoms with Crippen LogP contribution in [0.15, 0.2) is 16.5 Å². The molecule has 14 heavy (non-hydrogen) atoms. The Bertz CT molecular complexity index is 462. The first-order valence-corrected chi connectivity index (χ1v) is 5.14. The second kappa shape index (κ2) is 3.62. The zero-order valence-corrected chi connectivity index (χ0v) is 9.06. The molecule has 0 spiro atoms. The number of halogens is 1. The van der Waals surface area contributed by atoms with Gasteiger partial charge in [0, 0.05) is 11.4 Å². The summed E-state index contributed by atoms with van der Waals surface area (Å²) in [5.74, 6) is 0.799. The number of fused-ring (bicyclic) bond motifs is 1. The highest BCUT2D eigenvalue weighted by molar-refractivity contribution is 6.31. The van der Waals surface area contributed by atoms with Gasteiger partial charge in [0.05, 0.1) is 0 Å². The van der Waals surface area contributed by atoms with Crippen LogP contribution in [0.2, 0.25) is 5.02 Å². The van der Waals surface area contributed by atoms with E-state index in [4.69, 9.17) is 16.0 Å². The van der Waals surface area contributed by atoms with E-state index < -0.39 is 0 Å². The molecule has 1 heterocycles. The number of rotatable bonds is 2. The van der Waals surface area contributed by atoms with Crippen molar-refractivity contribution in [1.82, 2.24) is 4.98 Å². The van der Waals surface area contributed by atoms with Gasteiger partial charge in [-0.2, -0.15) is 0 Å². The first-order valence-electron chi connectivity index (χ1n) is 4.76. The lowest BCUT2D eigenvalue weighted by Gasteiger charge is -1.93. The SMILES string of the molecule is CCCc1nc2cc(Cl)cc(C)c2o1. The van der Waals surface area contributed by atoms with Crippen LogP contribution in [-0.4, -0.2) is 4.98 Å². The molecule has 0 aliphatic rings. The number of hydrogen-bond donors (Lipinski definition) is 0. The van der Waals surface area contributed by atoms with E-state index in [2.05, 4.69) is 11.9 Å². The van der Waals surface area contributed by atoms with Crippen LogP contribution < -0.4 is 0 Å². The molecule has 1 aromatic carbocycles. The van der Waals surface area contributed by atoms with Gasteiger partial charge >= 0.3 is 0 Å². The van der Waals surface area contributed by atoms with Crippen molar-refractivity contribution >= 4 is 22.7 Å². The molecule has 74 valence electrons. The van der Waals surface area contributed by atoms with Crippen molar-refractivity contribution in [3.05, 3.63) is 28.6 Å². The maximum atomic E-state index is 5.93. The molecule has 0 unspecified atom stereocenters. The van der Waals surface area contributed by atoms with E-state index in [0.29, 0.717) is 5.02 Å². The van der Waals surface area contributed by atoms with Crippen LogP contribution in [0.3, 0.4) is 0 Å². The lowest BCUT2D eigenvalue weighted by molar-refractivity contribution is 0.524. The van der Waals surface area contributed by atoms with Gasteiger partial charge in [-0.05, 0) is 31.0 Å².